The van der Waals surface area contributed by atoms with Gasteiger partial charge in [-0.3, -0.25) is 0 Å². The zero-order valence-corrected chi connectivity index (χ0v) is 14.0. The van der Waals surface area contributed by atoms with Crippen molar-refractivity contribution in [3.05, 3.63) is 60.9 Å². The van der Waals surface area contributed by atoms with Crippen molar-refractivity contribution in [2.45, 2.75) is 57.5 Å². The first-order chi connectivity index (χ1) is 11.3. The summed E-state index contributed by atoms with van der Waals surface area (Å²) in [4.78, 5) is 0. The van der Waals surface area contributed by atoms with Crippen molar-refractivity contribution in [3.8, 4) is 0 Å². The zero-order chi connectivity index (χ0) is 16.3. The largest absolute Gasteiger partial charge is 0.501 e. The van der Waals surface area contributed by atoms with Gasteiger partial charge in [0, 0.05) is 12.8 Å². The number of hydrogen-bond acceptors (Lipinski definition) is 3. The van der Waals surface area contributed by atoms with Crippen molar-refractivity contribution in [1.82, 2.24) is 0 Å². The smallest absolute Gasteiger partial charge is 0.0873 e. The minimum Gasteiger partial charge on any atom is -0.501 e. The Bertz CT molecular complexity index is 469. The molecule has 0 bridgehead atoms. The van der Waals surface area contributed by atoms with Crippen LogP contribution >= 0.6 is 0 Å². The van der Waals surface area contributed by atoms with E-state index in [1.165, 1.54) is 5.56 Å². The third-order valence-electron chi connectivity index (χ3n) is 3.94. The third kappa shape index (κ3) is 6.59. The standard InChI is InChI=1S/C20H28O3/c1-3-5-12-21-13-11-19-15-20(14-18(4-2)23-19)22-16-17-9-7-6-8-10-17/h4,6-11,13,18-20H,2-3,5,12,14-16H2,1H3/b13-11-/t18-,19+,20+/m0/s1. The van der Waals surface area contributed by atoms with Crippen molar-refractivity contribution in [2.75, 3.05) is 6.61 Å². The van der Waals surface area contributed by atoms with Crippen molar-refractivity contribution >= 4 is 0 Å². The molecule has 0 aliphatic carbocycles. The number of hydrogen-bond donors (Lipinski definition) is 0. The van der Waals surface area contributed by atoms with Gasteiger partial charge in [-0.1, -0.05) is 49.8 Å². The molecule has 1 heterocycles. The number of benzene rings is 1. The molecular weight excluding hydrogens is 288 g/mol. The summed E-state index contributed by atoms with van der Waals surface area (Å²) < 4.78 is 17.5. The van der Waals surface area contributed by atoms with Gasteiger partial charge < -0.3 is 14.2 Å². The second-order valence-electron chi connectivity index (χ2n) is 5.89. The fraction of sp³-hybridized carbons (Fsp3) is 0.500. The first-order valence-electron chi connectivity index (χ1n) is 8.53. The molecule has 3 atom stereocenters. The minimum absolute atomic E-state index is 0.0224. The Hall–Kier alpha value is -1.58. The van der Waals surface area contributed by atoms with Gasteiger partial charge in [0.15, 0.2) is 0 Å². The number of ether oxygens (including phenoxy) is 3. The van der Waals surface area contributed by atoms with Crippen LogP contribution in [0.2, 0.25) is 0 Å². The van der Waals surface area contributed by atoms with E-state index in [1.54, 1.807) is 6.26 Å². The Morgan fingerprint density at radius 2 is 2.00 bits per heavy atom. The summed E-state index contributed by atoms with van der Waals surface area (Å²) in [6.45, 7) is 7.41. The number of unbranched alkanes of at least 4 members (excludes halogenated alkanes) is 1. The van der Waals surface area contributed by atoms with Crippen LogP contribution in [-0.2, 0) is 20.8 Å². The second-order valence-corrected chi connectivity index (χ2v) is 5.89. The molecule has 1 fully saturated rings. The molecule has 1 saturated heterocycles. The molecule has 1 aliphatic heterocycles. The van der Waals surface area contributed by atoms with E-state index in [-0.39, 0.29) is 18.3 Å². The highest BCUT2D eigenvalue weighted by molar-refractivity contribution is 5.13. The molecule has 23 heavy (non-hydrogen) atoms. The maximum atomic E-state index is 6.07. The van der Waals surface area contributed by atoms with Crippen molar-refractivity contribution in [2.24, 2.45) is 0 Å². The third-order valence-corrected chi connectivity index (χ3v) is 3.94. The lowest BCUT2D eigenvalue weighted by molar-refractivity contribution is -0.0873. The fourth-order valence-corrected chi connectivity index (χ4v) is 2.59. The molecule has 0 amide bonds. The van der Waals surface area contributed by atoms with Gasteiger partial charge in [0.1, 0.15) is 0 Å². The highest BCUT2D eigenvalue weighted by Gasteiger charge is 2.27. The summed E-state index contributed by atoms with van der Waals surface area (Å²) >= 11 is 0. The Morgan fingerprint density at radius 3 is 2.74 bits per heavy atom. The number of rotatable bonds is 9. The molecule has 0 unspecified atom stereocenters. The van der Waals surface area contributed by atoms with Gasteiger partial charge in [-0.2, -0.15) is 0 Å². The molecule has 0 aromatic heterocycles. The van der Waals surface area contributed by atoms with Crippen LogP contribution in [0.3, 0.4) is 0 Å². The van der Waals surface area contributed by atoms with E-state index in [0.717, 1.165) is 32.3 Å². The maximum absolute atomic E-state index is 6.07. The highest BCUT2D eigenvalue weighted by Crippen LogP contribution is 2.24. The van der Waals surface area contributed by atoms with E-state index in [2.05, 4.69) is 25.6 Å². The first-order valence-corrected chi connectivity index (χ1v) is 8.53. The fourth-order valence-electron chi connectivity index (χ4n) is 2.59. The molecule has 1 aromatic rings. The van der Waals surface area contributed by atoms with Crippen LogP contribution in [0.4, 0.5) is 0 Å². The summed E-state index contributed by atoms with van der Waals surface area (Å²) in [5.41, 5.74) is 1.20. The molecule has 2 rings (SSSR count). The predicted molar refractivity (Wildman–Crippen MR) is 93.1 cm³/mol. The van der Waals surface area contributed by atoms with E-state index in [1.807, 2.05) is 30.4 Å². The van der Waals surface area contributed by atoms with Gasteiger partial charge in [0.2, 0.25) is 0 Å². The van der Waals surface area contributed by atoms with Crippen LogP contribution in [0.1, 0.15) is 38.2 Å². The first kappa shape index (κ1) is 17.8. The summed E-state index contributed by atoms with van der Waals surface area (Å²) in [5.74, 6) is 0. The van der Waals surface area contributed by atoms with E-state index in [0.29, 0.717) is 6.61 Å². The van der Waals surface area contributed by atoms with Crippen LogP contribution in [0.15, 0.2) is 55.3 Å². The minimum atomic E-state index is 0.0224. The molecular formula is C20H28O3. The molecule has 126 valence electrons. The summed E-state index contributed by atoms with van der Waals surface area (Å²) in [6, 6.07) is 10.3. The second kappa shape index (κ2) is 10.2. The molecule has 3 nitrogen and oxygen atoms in total. The average Bonchev–Trinajstić information content (AvgIpc) is 2.60. The molecule has 1 aliphatic rings. The molecule has 0 N–H and O–H groups in total. The Balaban J connectivity index is 1.81. The molecule has 0 radical (unpaired) electrons. The van der Waals surface area contributed by atoms with Crippen LogP contribution in [0, 0.1) is 0 Å². The van der Waals surface area contributed by atoms with E-state index in [4.69, 9.17) is 14.2 Å². The monoisotopic (exact) mass is 316 g/mol. The normalized spacial score (nSPS) is 24.7. The van der Waals surface area contributed by atoms with Gasteiger partial charge >= 0.3 is 0 Å². The van der Waals surface area contributed by atoms with Crippen LogP contribution in [-0.4, -0.2) is 24.9 Å². The summed E-state index contributed by atoms with van der Waals surface area (Å²) in [7, 11) is 0. The lowest BCUT2D eigenvalue weighted by Crippen LogP contribution is -2.35. The molecule has 1 aromatic carbocycles. The topological polar surface area (TPSA) is 27.7 Å². The van der Waals surface area contributed by atoms with E-state index < -0.39 is 0 Å². The SMILES string of the molecule is C=C[C@H]1C[C@@H](OCc2ccccc2)C[C@@H](/C=C\OCCCC)O1. The summed E-state index contributed by atoms with van der Waals surface area (Å²) in [6.07, 6.45) is 9.78. The average molecular weight is 316 g/mol. The molecule has 0 spiro atoms. The van der Waals surface area contributed by atoms with Gasteiger partial charge in [-0.25, -0.2) is 0 Å². The quantitative estimate of drug-likeness (QED) is 0.377. The Morgan fingerprint density at radius 1 is 1.22 bits per heavy atom. The van der Waals surface area contributed by atoms with Crippen LogP contribution in [0.25, 0.3) is 0 Å². The van der Waals surface area contributed by atoms with Crippen molar-refractivity contribution in [1.29, 1.82) is 0 Å². The van der Waals surface area contributed by atoms with Gasteiger partial charge in [0.05, 0.1) is 37.8 Å². The van der Waals surface area contributed by atoms with Gasteiger partial charge in [-0.05, 0) is 18.1 Å². The van der Waals surface area contributed by atoms with Crippen molar-refractivity contribution in [3.63, 3.8) is 0 Å². The zero-order valence-electron chi connectivity index (χ0n) is 14.0. The maximum Gasteiger partial charge on any atom is 0.0873 e. The van der Waals surface area contributed by atoms with Gasteiger partial charge in [-0.15, -0.1) is 6.58 Å². The summed E-state index contributed by atoms with van der Waals surface area (Å²) in [5, 5.41) is 0. The van der Waals surface area contributed by atoms with E-state index in [9.17, 15) is 0 Å². The molecule has 3 heteroatoms. The Labute approximate surface area is 139 Å². The van der Waals surface area contributed by atoms with Crippen LogP contribution < -0.4 is 0 Å². The van der Waals surface area contributed by atoms with Crippen molar-refractivity contribution < 1.29 is 14.2 Å². The predicted octanol–water partition coefficient (Wildman–Crippen LogP) is 4.64. The van der Waals surface area contributed by atoms with Crippen LogP contribution in [0.5, 0.6) is 0 Å². The van der Waals surface area contributed by atoms with Gasteiger partial charge in [0.25, 0.3) is 0 Å². The highest BCUT2D eigenvalue weighted by atomic mass is 16.5. The van der Waals surface area contributed by atoms with E-state index >= 15 is 0 Å². The Kier molecular flexibility index (Phi) is 7.91. The lowest BCUT2D eigenvalue weighted by atomic mass is 10.0. The molecule has 0 saturated carbocycles. The lowest BCUT2D eigenvalue weighted by Gasteiger charge is -2.32.